The van der Waals surface area contributed by atoms with E-state index in [0.29, 0.717) is 17.9 Å². The molecule has 0 saturated heterocycles. The molecule has 0 saturated carbocycles. The number of nitrogens with two attached hydrogens (primary N) is 1. The first-order chi connectivity index (χ1) is 9.71. The third kappa shape index (κ3) is 2.62. The van der Waals surface area contributed by atoms with Crippen molar-refractivity contribution in [2.24, 2.45) is 0 Å². The number of nitrogen functional groups attached to an aromatic ring is 1. The van der Waals surface area contributed by atoms with Crippen molar-refractivity contribution in [2.75, 3.05) is 23.7 Å². The summed E-state index contributed by atoms with van der Waals surface area (Å²) in [5, 5.41) is 9.32. The second-order valence-electron chi connectivity index (χ2n) is 4.66. The van der Waals surface area contributed by atoms with E-state index in [-0.39, 0.29) is 0 Å². The van der Waals surface area contributed by atoms with E-state index in [9.17, 15) is 5.26 Å². The minimum Gasteiger partial charge on any atom is -0.396 e. The quantitative estimate of drug-likeness (QED) is 0.907. The Morgan fingerprint density at radius 2 is 1.85 bits per heavy atom. The van der Waals surface area contributed by atoms with Crippen LogP contribution in [0, 0.1) is 11.3 Å². The van der Waals surface area contributed by atoms with E-state index in [2.05, 4.69) is 36.9 Å². The molecule has 0 amide bonds. The van der Waals surface area contributed by atoms with Gasteiger partial charge in [-0.15, -0.1) is 0 Å². The lowest BCUT2D eigenvalue weighted by Gasteiger charge is -2.24. The highest BCUT2D eigenvalue weighted by Crippen LogP contribution is 2.28. The van der Waals surface area contributed by atoms with Crippen molar-refractivity contribution in [1.29, 1.82) is 5.26 Å². The lowest BCUT2D eigenvalue weighted by Crippen LogP contribution is -2.26. The number of nitriles is 1. The standard InChI is InChI=1S/C16H20N4/c1-3-19(4-2)16-15(18)10-14(11-17)20(16)12-13-8-6-5-7-9-13/h5-10H,3-4,12,18H2,1-2H3. The first-order valence-corrected chi connectivity index (χ1v) is 6.89. The van der Waals surface area contributed by atoms with Gasteiger partial charge in [0.25, 0.3) is 0 Å². The molecule has 2 rings (SSSR count). The topological polar surface area (TPSA) is 58.0 Å². The van der Waals surface area contributed by atoms with Crippen LogP contribution in [0.2, 0.25) is 0 Å². The third-order valence-corrected chi connectivity index (χ3v) is 3.46. The van der Waals surface area contributed by atoms with Crippen LogP contribution in [0.5, 0.6) is 0 Å². The molecule has 0 aliphatic rings. The molecule has 1 aromatic heterocycles. The maximum absolute atomic E-state index is 9.32. The minimum absolute atomic E-state index is 0.605. The fourth-order valence-corrected chi connectivity index (χ4v) is 2.45. The number of anilines is 2. The first-order valence-electron chi connectivity index (χ1n) is 6.89. The van der Waals surface area contributed by atoms with Crippen molar-refractivity contribution in [1.82, 2.24) is 4.57 Å². The fourth-order valence-electron chi connectivity index (χ4n) is 2.45. The summed E-state index contributed by atoms with van der Waals surface area (Å²) in [4.78, 5) is 2.18. The lowest BCUT2D eigenvalue weighted by atomic mass is 10.2. The van der Waals surface area contributed by atoms with Gasteiger partial charge in [0.1, 0.15) is 17.6 Å². The van der Waals surface area contributed by atoms with Gasteiger partial charge in [-0.3, -0.25) is 0 Å². The van der Waals surface area contributed by atoms with Gasteiger partial charge in [-0.25, -0.2) is 0 Å². The lowest BCUT2D eigenvalue weighted by molar-refractivity contribution is 0.740. The van der Waals surface area contributed by atoms with Crippen LogP contribution in [-0.2, 0) is 6.54 Å². The molecule has 104 valence electrons. The molecule has 2 aromatic rings. The van der Waals surface area contributed by atoms with E-state index < -0.39 is 0 Å². The molecule has 0 radical (unpaired) electrons. The molecule has 0 aliphatic heterocycles. The Morgan fingerprint density at radius 3 is 2.40 bits per heavy atom. The fraction of sp³-hybridized carbons (Fsp3) is 0.312. The maximum Gasteiger partial charge on any atom is 0.133 e. The monoisotopic (exact) mass is 268 g/mol. The molecule has 0 aliphatic carbocycles. The van der Waals surface area contributed by atoms with Gasteiger partial charge in [0.05, 0.1) is 12.2 Å². The zero-order chi connectivity index (χ0) is 14.5. The van der Waals surface area contributed by atoms with Gasteiger partial charge in [-0.2, -0.15) is 5.26 Å². The van der Waals surface area contributed by atoms with Gasteiger partial charge in [0.15, 0.2) is 0 Å². The zero-order valence-electron chi connectivity index (χ0n) is 12.0. The van der Waals surface area contributed by atoms with Crippen molar-refractivity contribution >= 4 is 11.5 Å². The highest BCUT2D eigenvalue weighted by molar-refractivity contribution is 5.68. The Balaban J connectivity index is 2.47. The summed E-state index contributed by atoms with van der Waals surface area (Å²) in [6.07, 6.45) is 0. The number of aromatic nitrogens is 1. The van der Waals surface area contributed by atoms with E-state index in [0.717, 1.165) is 24.5 Å². The van der Waals surface area contributed by atoms with Crippen LogP contribution in [0.15, 0.2) is 36.4 Å². The van der Waals surface area contributed by atoms with Crippen LogP contribution in [0.3, 0.4) is 0 Å². The Morgan fingerprint density at radius 1 is 1.20 bits per heavy atom. The molecule has 1 aromatic carbocycles. The van der Waals surface area contributed by atoms with Crippen molar-refractivity contribution in [3.8, 4) is 6.07 Å². The number of benzene rings is 1. The molecule has 4 nitrogen and oxygen atoms in total. The summed E-state index contributed by atoms with van der Waals surface area (Å²) in [6.45, 7) is 6.57. The summed E-state index contributed by atoms with van der Waals surface area (Å²) < 4.78 is 2.00. The number of rotatable bonds is 5. The van der Waals surface area contributed by atoms with Gasteiger partial charge < -0.3 is 15.2 Å². The van der Waals surface area contributed by atoms with E-state index in [1.165, 1.54) is 0 Å². The summed E-state index contributed by atoms with van der Waals surface area (Å²) >= 11 is 0. The number of nitrogens with zero attached hydrogens (tertiary/aromatic N) is 3. The Kier molecular flexibility index (Phi) is 4.31. The van der Waals surface area contributed by atoms with Crippen LogP contribution in [0.25, 0.3) is 0 Å². The average Bonchev–Trinajstić information content (AvgIpc) is 2.78. The summed E-state index contributed by atoms with van der Waals surface area (Å²) in [6, 6.07) is 14.1. The van der Waals surface area contributed by atoms with E-state index in [4.69, 9.17) is 5.73 Å². The molecule has 20 heavy (non-hydrogen) atoms. The smallest absolute Gasteiger partial charge is 0.133 e. The van der Waals surface area contributed by atoms with E-state index in [1.54, 1.807) is 6.07 Å². The maximum atomic E-state index is 9.32. The largest absolute Gasteiger partial charge is 0.396 e. The van der Waals surface area contributed by atoms with E-state index >= 15 is 0 Å². The summed E-state index contributed by atoms with van der Waals surface area (Å²) in [5.74, 6) is 0.940. The average molecular weight is 268 g/mol. The SMILES string of the molecule is CCN(CC)c1c(N)cc(C#N)n1Cc1ccccc1. The third-order valence-electron chi connectivity index (χ3n) is 3.46. The van der Waals surface area contributed by atoms with Crippen molar-refractivity contribution in [3.63, 3.8) is 0 Å². The van der Waals surface area contributed by atoms with Gasteiger partial charge in [-0.05, 0) is 25.5 Å². The Labute approximate surface area is 120 Å². The second kappa shape index (κ2) is 6.16. The van der Waals surface area contributed by atoms with Gasteiger partial charge in [-0.1, -0.05) is 30.3 Å². The Hall–Kier alpha value is -2.41. The number of hydrogen-bond donors (Lipinski definition) is 1. The number of hydrogen-bond acceptors (Lipinski definition) is 3. The minimum atomic E-state index is 0.605. The van der Waals surface area contributed by atoms with Crippen LogP contribution in [0.1, 0.15) is 25.1 Å². The molecule has 0 bridgehead atoms. The van der Waals surface area contributed by atoms with Crippen LogP contribution >= 0.6 is 0 Å². The second-order valence-corrected chi connectivity index (χ2v) is 4.66. The van der Waals surface area contributed by atoms with Crippen LogP contribution in [-0.4, -0.2) is 17.7 Å². The van der Waals surface area contributed by atoms with Gasteiger partial charge in [0, 0.05) is 13.1 Å². The van der Waals surface area contributed by atoms with Crippen molar-refractivity contribution in [2.45, 2.75) is 20.4 Å². The normalized spacial score (nSPS) is 10.2. The highest BCUT2D eigenvalue weighted by atomic mass is 15.2. The molecule has 1 heterocycles. The molecule has 0 atom stereocenters. The summed E-state index contributed by atoms with van der Waals surface area (Å²) in [5.41, 5.74) is 8.54. The van der Waals surface area contributed by atoms with E-state index in [1.807, 2.05) is 22.8 Å². The first kappa shape index (κ1) is 14.0. The summed E-state index contributed by atoms with van der Waals surface area (Å²) in [7, 11) is 0. The zero-order valence-corrected chi connectivity index (χ0v) is 12.0. The van der Waals surface area contributed by atoms with Gasteiger partial charge in [0.2, 0.25) is 0 Å². The van der Waals surface area contributed by atoms with Gasteiger partial charge >= 0.3 is 0 Å². The molecular formula is C16H20N4. The molecule has 0 spiro atoms. The Bertz CT molecular complexity index is 603. The van der Waals surface area contributed by atoms with Crippen molar-refractivity contribution < 1.29 is 0 Å². The van der Waals surface area contributed by atoms with Crippen LogP contribution in [0.4, 0.5) is 11.5 Å². The molecule has 4 heteroatoms. The predicted octanol–water partition coefficient (Wildman–Crippen LogP) is 2.84. The van der Waals surface area contributed by atoms with Crippen LogP contribution < -0.4 is 10.6 Å². The molecule has 0 unspecified atom stereocenters. The molecular weight excluding hydrogens is 248 g/mol. The predicted molar refractivity (Wildman–Crippen MR) is 82.7 cm³/mol. The highest BCUT2D eigenvalue weighted by Gasteiger charge is 2.17. The molecule has 0 fully saturated rings. The molecule has 2 N–H and O–H groups in total. The van der Waals surface area contributed by atoms with Crippen molar-refractivity contribution in [3.05, 3.63) is 47.7 Å².